The second kappa shape index (κ2) is 16.1. The summed E-state index contributed by atoms with van der Waals surface area (Å²) in [5.74, 6) is -6.00. The van der Waals surface area contributed by atoms with E-state index in [0.29, 0.717) is 5.75 Å². The van der Waals surface area contributed by atoms with Gasteiger partial charge < -0.3 is 37.0 Å². The monoisotopic (exact) mass is 510 g/mol. The first-order valence-corrected chi connectivity index (χ1v) is 11.9. The normalized spacial score (nSPS) is 14.3. The van der Waals surface area contributed by atoms with Crippen LogP contribution in [0.2, 0.25) is 0 Å². The van der Waals surface area contributed by atoms with Gasteiger partial charge in [0.15, 0.2) is 0 Å². The first-order valence-electron chi connectivity index (χ1n) is 9.85. The Morgan fingerprint density at radius 2 is 1.24 bits per heavy atom. The highest BCUT2D eigenvalue weighted by Crippen LogP contribution is 2.06. The maximum atomic E-state index is 12.8. The number of thiol groups is 1. The summed E-state index contributed by atoms with van der Waals surface area (Å²) in [5.41, 5.74) is 5.67. The lowest BCUT2D eigenvalue weighted by molar-refractivity contribution is -0.142. The van der Waals surface area contributed by atoms with Crippen molar-refractivity contribution in [1.82, 2.24) is 16.0 Å². The number of carboxylic acids is 3. The molecule has 0 fully saturated rings. The van der Waals surface area contributed by atoms with Crippen molar-refractivity contribution in [3.05, 3.63) is 0 Å². The third kappa shape index (κ3) is 12.9. The minimum atomic E-state index is -1.38. The Balaban J connectivity index is 5.40. The van der Waals surface area contributed by atoms with E-state index in [1.807, 2.05) is 0 Å². The molecule has 0 saturated heterocycles. The van der Waals surface area contributed by atoms with E-state index in [2.05, 4.69) is 28.6 Å². The van der Waals surface area contributed by atoms with Crippen LogP contribution in [0.4, 0.5) is 0 Å². The number of carboxylic acid groups (broad SMARTS) is 3. The molecule has 0 spiro atoms. The van der Waals surface area contributed by atoms with E-state index in [-0.39, 0.29) is 31.4 Å². The fraction of sp³-hybridized carbons (Fsp3) is 0.667. The van der Waals surface area contributed by atoms with Crippen molar-refractivity contribution in [2.45, 2.75) is 56.3 Å². The van der Waals surface area contributed by atoms with Crippen LogP contribution in [-0.4, -0.2) is 92.9 Å². The highest BCUT2D eigenvalue weighted by molar-refractivity contribution is 7.98. The summed E-state index contributed by atoms with van der Waals surface area (Å²) >= 11 is 5.21. The van der Waals surface area contributed by atoms with Crippen LogP contribution in [0.5, 0.6) is 0 Å². The second-order valence-electron chi connectivity index (χ2n) is 6.96. The van der Waals surface area contributed by atoms with E-state index in [0.717, 1.165) is 0 Å². The number of thioether (sulfide) groups is 1. The zero-order valence-corrected chi connectivity index (χ0v) is 19.7. The number of carbonyl (C=O) groups excluding carboxylic acids is 3. The number of carbonyl (C=O) groups is 6. The molecule has 3 amide bonds. The number of aliphatic carboxylic acids is 3. The van der Waals surface area contributed by atoms with Gasteiger partial charge in [-0.25, -0.2) is 4.79 Å². The first-order chi connectivity index (χ1) is 15.4. The van der Waals surface area contributed by atoms with Crippen LogP contribution in [0, 0.1) is 0 Å². The molecule has 4 unspecified atom stereocenters. The largest absolute Gasteiger partial charge is 0.481 e. The molecule has 0 rings (SSSR count). The molecule has 15 heteroatoms. The maximum Gasteiger partial charge on any atom is 0.327 e. The van der Waals surface area contributed by atoms with Gasteiger partial charge in [0.05, 0.1) is 6.04 Å². The molecule has 0 heterocycles. The van der Waals surface area contributed by atoms with Crippen molar-refractivity contribution in [2.75, 3.05) is 17.8 Å². The molecule has 0 aliphatic rings. The molecule has 0 aromatic rings. The summed E-state index contributed by atoms with van der Waals surface area (Å²) in [6.07, 6.45) is 0.603. The second-order valence-corrected chi connectivity index (χ2v) is 8.31. The molecule has 4 atom stereocenters. The summed E-state index contributed by atoms with van der Waals surface area (Å²) in [6.45, 7) is 0. The van der Waals surface area contributed by atoms with Gasteiger partial charge in [-0.05, 0) is 31.3 Å². The van der Waals surface area contributed by atoms with Crippen molar-refractivity contribution in [3.63, 3.8) is 0 Å². The quantitative estimate of drug-likeness (QED) is 0.103. The minimum Gasteiger partial charge on any atom is -0.481 e. The molecule has 188 valence electrons. The van der Waals surface area contributed by atoms with Gasteiger partial charge in [-0.2, -0.15) is 24.4 Å². The van der Waals surface area contributed by atoms with Crippen LogP contribution in [0.25, 0.3) is 0 Å². The zero-order chi connectivity index (χ0) is 25.6. The molecule has 8 N–H and O–H groups in total. The maximum absolute atomic E-state index is 12.8. The highest BCUT2D eigenvalue weighted by atomic mass is 32.2. The SMILES string of the molecule is CSCCC(NC(=O)C(N)CCC(=O)O)C(=O)NC(CCC(=O)O)C(=O)NC(CS)C(=O)O. The molecule has 0 saturated carbocycles. The standard InChI is InChI=1S/C18H30N4O9S2/c1-33-7-6-11(20-15(27)9(19)2-4-13(23)24)17(29)21-10(3-5-14(25)26)16(28)22-12(8-32)18(30)31/h9-12,32H,2-8,19H2,1H3,(H,20,27)(H,21,29)(H,22,28)(H,23,24)(H,25,26)(H,30,31). The number of nitrogens with two attached hydrogens (primary N) is 1. The molecule has 0 bridgehead atoms. The molecule has 13 nitrogen and oxygen atoms in total. The Bertz CT molecular complexity index is 723. The highest BCUT2D eigenvalue weighted by Gasteiger charge is 2.30. The summed E-state index contributed by atoms with van der Waals surface area (Å²) in [7, 11) is 0. The Morgan fingerprint density at radius 3 is 1.70 bits per heavy atom. The van der Waals surface area contributed by atoms with Crippen LogP contribution < -0.4 is 21.7 Å². The van der Waals surface area contributed by atoms with E-state index >= 15 is 0 Å². The van der Waals surface area contributed by atoms with Gasteiger partial charge in [0.1, 0.15) is 18.1 Å². The average molecular weight is 511 g/mol. The lowest BCUT2D eigenvalue weighted by Gasteiger charge is -2.24. The molecule has 0 aromatic heterocycles. The third-order valence-electron chi connectivity index (χ3n) is 4.33. The van der Waals surface area contributed by atoms with Crippen molar-refractivity contribution in [3.8, 4) is 0 Å². The van der Waals surface area contributed by atoms with E-state index in [4.69, 9.17) is 21.1 Å². The van der Waals surface area contributed by atoms with Crippen LogP contribution >= 0.6 is 24.4 Å². The average Bonchev–Trinajstić information content (AvgIpc) is 2.74. The molecular formula is C18H30N4O9S2. The molecule has 33 heavy (non-hydrogen) atoms. The van der Waals surface area contributed by atoms with Crippen LogP contribution in [0.3, 0.4) is 0 Å². The van der Waals surface area contributed by atoms with E-state index in [1.54, 1.807) is 6.26 Å². The van der Waals surface area contributed by atoms with E-state index in [1.165, 1.54) is 11.8 Å². The van der Waals surface area contributed by atoms with Gasteiger partial charge in [-0.15, -0.1) is 0 Å². The number of hydrogen-bond donors (Lipinski definition) is 8. The zero-order valence-electron chi connectivity index (χ0n) is 18.0. The Kier molecular flexibility index (Phi) is 14.9. The number of rotatable bonds is 17. The fourth-order valence-electron chi connectivity index (χ4n) is 2.46. The van der Waals surface area contributed by atoms with Crippen LogP contribution in [-0.2, 0) is 28.8 Å². The van der Waals surface area contributed by atoms with Crippen LogP contribution in [0.15, 0.2) is 0 Å². The van der Waals surface area contributed by atoms with E-state index < -0.39 is 66.2 Å². The van der Waals surface area contributed by atoms with E-state index in [9.17, 15) is 28.8 Å². The first kappa shape index (κ1) is 30.5. The lowest BCUT2D eigenvalue weighted by atomic mass is 10.1. The lowest BCUT2D eigenvalue weighted by Crippen LogP contribution is -2.57. The van der Waals surface area contributed by atoms with Crippen molar-refractivity contribution in [1.29, 1.82) is 0 Å². The summed E-state index contributed by atoms with van der Waals surface area (Å²) in [4.78, 5) is 70.3. The number of hydrogen-bond acceptors (Lipinski definition) is 9. The fourth-order valence-corrected chi connectivity index (χ4v) is 3.18. The Labute approximate surface area is 200 Å². The van der Waals surface area contributed by atoms with Crippen molar-refractivity contribution in [2.24, 2.45) is 5.73 Å². The molecule has 0 aliphatic heterocycles. The van der Waals surface area contributed by atoms with Gasteiger partial charge in [0, 0.05) is 18.6 Å². The van der Waals surface area contributed by atoms with Gasteiger partial charge in [0.25, 0.3) is 0 Å². The smallest absolute Gasteiger partial charge is 0.327 e. The summed E-state index contributed by atoms with van der Waals surface area (Å²) < 4.78 is 0. The minimum absolute atomic E-state index is 0.145. The molecule has 0 aliphatic carbocycles. The molecule has 0 aromatic carbocycles. The van der Waals surface area contributed by atoms with Gasteiger partial charge >= 0.3 is 17.9 Å². The molecule has 0 radical (unpaired) electrons. The summed E-state index contributed by atoms with van der Waals surface area (Å²) in [5, 5.41) is 33.7. The predicted molar refractivity (Wildman–Crippen MR) is 122 cm³/mol. The third-order valence-corrected chi connectivity index (χ3v) is 5.34. The predicted octanol–water partition coefficient (Wildman–Crippen LogP) is -1.73. The topological polar surface area (TPSA) is 225 Å². The van der Waals surface area contributed by atoms with Crippen molar-refractivity contribution >= 4 is 60.0 Å². The van der Waals surface area contributed by atoms with Gasteiger partial charge in [-0.3, -0.25) is 24.0 Å². The number of nitrogens with one attached hydrogen (secondary N) is 3. The Morgan fingerprint density at radius 1 is 0.788 bits per heavy atom. The number of amides is 3. The van der Waals surface area contributed by atoms with Gasteiger partial charge in [-0.1, -0.05) is 0 Å². The van der Waals surface area contributed by atoms with Crippen LogP contribution in [0.1, 0.15) is 32.1 Å². The molecular weight excluding hydrogens is 480 g/mol. The summed E-state index contributed by atoms with van der Waals surface area (Å²) in [6, 6.07) is -5.06. The Hall–Kier alpha value is -2.52. The van der Waals surface area contributed by atoms with Crippen molar-refractivity contribution < 1.29 is 44.1 Å². The van der Waals surface area contributed by atoms with Gasteiger partial charge in [0.2, 0.25) is 17.7 Å².